The van der Waals surface area contributed by atoms with Crippen molar-refractivity contribution >= 4 is 21.4 Å². The lowest BCUT2D eigenvalue weighted by Gasteiger charge is -2.19. The monoisotopic (exact) mass is 332 g/mol. The summed E-state index contributed by atoms with van der Waals surface area (Å²) in [7, 11) is -3.52. The van der Waals surface area contributed by atoms with Crippen LogP contribution in [-0.4, -0.2) is 40.9 Å². The molecule has 0 bridgehead atoms. The molecule has 0 aliphatic carbocycles. The van der Waals surface area contributed by atoms with E-state index >= 15 is 0 Å². The van der Waals surface area contributed by atoms with Crippen molar-refractivity contribution in [3.05, 3.63) is 51.6 Å². The molecule has 21 heavy (non-hydrogen) atoms. The molecular weight excluding hydrogens is 320 g/mol. The molecule has 2 rings (SSSR count). The molecule has 10 heteroatoms. The lowest BCUT2D eigenvalue weighted by atomic mass is 10.2. The van der Waals surface area contributed by atoms with Gasteiger partial charge in [-0.3, -0.25) is 0 Å². The Morgan fingerprint density at radius 1 is 1.48 bits per heavy atom. The average molecular weight is 333 g/mol. The van der Waals surface area contributed by atoms with Crippen LogP contribution < -0.4 is 0 Å². The van der Waals surface area contributed by atoms with E-state index in [0.717, 1.165) is 5.01 Å². The van der Waals surface area contributed by atoms with Gasteiger partial charge in [0.1, 0.15) is 11.0 Å². The van der Waals surface area contributed by atoms with Gasteiger partial charge in [-0.2, -0.15) is 0 Å². The van der Waals surface area contributed by atoms with E-state index in [2.05, 4.69) is 4.98 Å². The van der Waals surface area contributed by atoms with E-state index in [4.69, 9.17) is 11.6 Å². The van der Waals surface area contributed by atoms with Crippen molar-refractivity contribution in [1.82, 2.24) is 14.9 Å². The van der Waals surface area contributed by atoms with E-state index < -0.39 is 20.1 Å². The summed E-state index contributed by atoms with van der Waals surface area (Å²) < 4.78 is 24.6. The molecule has 1 aliphatic heterocycles. The second kappa shape index (κ2) is 5.86. The van der Waals surface area contributed by atoms with Gasteiger partial charge in [-0.05, 0) is 18.6 Å². The highest BCUT2D eigenvalue weighted by Gasteiger charge is 2.29. The number of hydrogen-bond donors (Lipinski definition) is 0. The minimum Gasteiger partial charge on any atom is -0.339 e. The van der Waals surface area contributed by atoms with Crippen molar-refractivity contribution in [1.29, 1.82) is 0 Å². The van der Waals surface area contributed by atoms with Gasteiger partial charge in [0.2, 0.25) is 0 Å². The zero-order valence-corrected chi connectivity index (χ0v) is 12.7. The number of hydrogen-bond acceptors (Lipinski definition) is 6. The fourth-order valence-corrected chi connectivity index (χ4v) is 3.34. The summed E-state index contributed by atoms with van der Waals surface area (Å²) >= 11 is 5.67. The summed E-state index contributed by atoms with van der Waals surface area (Å²) in [5.74, 6) is -0.308. The maximum absolute atomic E-state index is 12.3. The van der Waals surface area contributed by atoms with Gasteiger partial charge < -0.3 is 4.90 Å². The van der Waals surface area contributed by atoms with Crippen LogP contribution in [0.5, 0.6) is 0 Å². The Bertz CT molecular complexity index is 661. The van der Waals surface area contributed by atoms with Crippen LogP contribution in [0.25, 0.3) is 0 Å². The quantitative estimate of drug-likeness (QED) is 0.457. The Morgan fingerprint density at radius 3 is 2.71 bits per heavy atom. The Kier molecular flexibility index (Phi) is 4.33. The highest BCUT2D eigenvalue weighted by molar-refractivity contribution is 7.91. The Morgan fingerprint density at radius 2 is 2.19 bits per heavy atom. The van der Waals surface area contributed by atoms with Crippen molar-refractivity contribution < 1.29 is 13.5 Å². The van der Waals surface area contributed by atoms with Crippen LogP contribution in [0.4, 0.5) is 0 Å². The molecule has 0 amide bonds. The summed E-state index contributed by atoms with van der Waals surface area (Å²) in [6.45, 7) is 1.45. The maximum atomic E-state index is 12.3. The first-order valence-corrected chi connectivity index (χ1v) is 8.05. The van der Waals surface area contributed by atoms with Crippen LogP contribution in [0.15, 0.2) is 30.7 Å². The van der Waals surface area contributed by atoms with Crippen LogP contribution in [-0.2, 0) is 9.84 Å². The van der Waals surface area contributed by atoms with Crippen LogP contribution >= 0.6 is 11.6 Å². The lowest BCUT2D eigenvalue weighted by molar-refractivity contribution is -0.640. The zero-order valence-electron chi connectivity index (χ0n) is 11.1. The van der Waals surface area contributed by atoms with Crippen molar-refractivity contribution in [2.24, 2.45) is 0 Å². The smallest absolute Gasteiger partial charge is 0.175 e. The van der Waals surface area contributed by atoms with Gasteiger partial charge in [0, 0.05) is 12.4 Å². The van der Waals surface area contributed by atoms with Gasteiger partial charge in [-0.25, -0.2) is 23.5 Å². The van der Waals surface area contributed by atoms with Crippen LogP contribution in [0.2, 0.25) is 5.15 Å². The number of aromatic nitrogens is 1. The van der Waals surface area contributed by atoms with Crippen LogP contribution in [0.1, 0.15) is 17.7 Å². The predicted molar refractivity (Wildman–Crippen MR) is 76.1 cm³/mol. The zero-order chi connectivity index (χ0) is 15.6. The molecule has 0 saturated carbocycles. The summed E-state index contributed by atoms with van der Waals surface area (Å²) in [5, 5.41) is 10.3. The molecule has 0 fully saturated rings. The standard InChI is InChI=1S/C11H13ClN4O4S/c1-9(10-2-3-11(12)13-6-10)21(19,20)8-14-4-5-15(7-14)16(17)18/h2-6,9H,7-8H2,1H3. The maximum Gasteiger partial charge on any atom is 0.175 e. The molecule has 1 unspecified atom stereocenters. The van der Waals surface area contributed by atoms with Gasteiger partial charge in [0.05, 0.1) is 11.4 Å². The molecular formula is C11H13ClN4O4S. The van der Waals surface area contributed by atoms with Gasteiger partial charge >= 0.3 is 0 Å². The van der Waals surface area contributed by atoms with Crippen molar-refractivity contribution in [3.63, 3.8) is 0 Å². The molecule has 8 nitrogen and oxygen atoms in total. The van der Waals surface area contributed by atoms with Gasteiger partial charge in [0.25, 0.3) is 0 Å². The van der Waals surface area contributed by atoms with E-state index in [1.165, 1.54) is 29.6 Å². The molecule has 1 aromatic heterocycles. The average Bonchev–Trinajstić information content (AvgIpc) is 2.87. The first-order chi connectivity index (χ1) is 9.79. The summed E-state index contributed by atoms with van der Waals surface area (Å²) in [4.78, 5) is 15.8. The number of rotatable bonds is 5. The molecule has 1 aromatic rings. The summed E-state index contributed by atoms with van der Waals surface area (Å²) in [6.07, 6.45) is 4.02. The van der Waals surface area contributed by atoms with Crippen molar-refractivity contribution in [2.75, 3.05) is 12.5 Å². The first-order valence-electron chi connectivity index (χ1n) is 5.96. The molecule has 0 saturated heterocycles. The van der Waals surface area contributed by atoms with Crippen molar-refractivity contribution in [3.8, 4) is 0 Å². The largest absolute Gasteiger partial charge is 0.339 e. The number of nitrogens with zero attached hydrogens (tertiary/aromatic N) is 4. The fraction of sp³-hybridized carbons (Fsp3) is 0.364. The second-order valence-electron chi connectivity index (χ2n) is 4.55. The second-order valence-corrected chi connectivity index (χ2v) is 7.23. The first kappa shape index (κ1) is 15.5. The minimum atomic E-state index is -3.52. The van der Waals surface area contributed by atoms with E-state index in [1.807, 2.05) is 0 Å². The third kappa shape index (κ3) is 3.61. The van der Waals surface area contributed by atoms with E-state index in [9.17, 15) is 18.5 Å². The third-order valence-corrected chi connectivity index (χ3v) is 5.35. The van der Waals surface area contributed by atoms with Gasteiger partial charge in [0.15, 0.2) is 21.5 Å². The molecule has 0 radical (unpaired) electrons. The Hall–Kier alpha value is -1.87. The van der Waals surface area contributed by atoms with Gasteiger partial charge in [-0.15, -0.1) is 0 Å². The van der Waals surface area contributed by atoms with Gasteiger partial charge in [-0.1, -0.05) is 22.7 Å². The van der Waals surface area contributed by atoms with E-state index in [1.54, 1.807) is 13.0 Å². The van der Waals surface area contributed by atoms with Crippen LogP contribution in [0.3, 0.4) is 0 Å². The predicted octanol–water partition coefficient (Wildman–Crippen LogP) is 1.41. The molecule has 114 valence electrons. The SMILES string of the molecule is CC(c1ccc(Cl)nc1)S(=O)(=O)CN1C=CN([N+](=O)[O-])C1. The normalized spacial score (nSPS) is 16.3. The van der Waals surface area contributed by atoms with Crippen LogP contribution in [0, 0.1) is 10.1 Å². The molecule has 1 atom stereocenters. The molecule has 0 aromatic carbocycles. The number of hydrazine groups is 1. The Labute approximate surface area is 126 Å². The highest BCUT2D eigenvalue weighted by atomic mass is 35.5. The summed E-state index contributed by atoms with van der Waals surface area (Å²) in [6, 6.07) is 3.12. The van der Waals surface area contributed by atoms with E-state index in [-0.39, 0.29) is 17.7 Å². The van der Waals surface area contributed by atoms with Crippen molar-refractivity contribution in [2.45, 2.75) is 12.2 Å². The third-order valence-electron chi connectivity index (χ3n) is 3.09. The number of nitro groups is 1. The number of sulfone groups is 1. The minimum absolute atomic E-state index is 0.0994. The summed E-state index contributed by atoms with van der Waals surface area (Å²) in [5.41, 5.74) is 0.522. The highest BCUT2D eigenvalue weighted by Crippen LogP contribution is 2.24. The molecule has 0 spiro atoms. The lowest BCUT2D eigenvalue weighted by Crippen LogP contribution is -2.33. The molecule has 2 heterocycles. The van der Waals surface area contributed by atoms with E-state index in [0.29, 0.717) is 5.56 Å². The fourth-order valence-electron chi connectivity index (χ4n) is 1.82. The Balaban J connectivity index is 2.07. The number of pyridine rings is 1. The topological polar surface area (TPSA) is 96.7 Å². The number of halogens is 1. The molecule has 1 aliphatic rings. The molecule has 0 N–H and O–H groups in total.